The van der Waals surface area contributed by atoms with Crippen LogP contribution in [0.15, 0.2) is 33.7 Å². The van der Waals surface area contributed by atoms with Crippen molar-refractivity contribution >= 4 is 21.6 Å². The molecule has 1 aliphatic heterocycles. The summed E-state index contributed by atoms with van der Waals surface area (Å²) in [5.74, 6) is 0.0863. The van der Waals surface area contributed by atoms with Gasteiger partial charge in [-0.15, -0.1) is 0 Å². The molecule has 24 heavy (non-hydrogen) atoms. The topological polar surface area (TPSA) is 63.4 Å². The Morgan fingerprint density at radius 3 is 2.75 bits per heavy atom. The molecular weight excluding hydrogens is 355 g/mol. The van der Waals surface area contributed by atoms with E-state index in [0.717, 1.165) is 24.2 Å². The number of sulfonamides is 1. The number of halogens is 2. The van der Waals surface area contributed by atoms with E-state index in [0.29, 0.717) is 18.7 Å². The quantitative estimate of drug-likeness (QED) is 0.809. The van der Waals surface area contributed by atoms with Crippen LogP contribution in [-0.4, -0.2) is 24.4 Å². The van der Waals surface area contributed by atoms with Gasteiger partial charge in [0.25, 0.3) is 0 Å². The van der Waals surface area contributed by atoms with E-state index in [1.807, 2.05) is 13.8 Å². The third-order valence-electron chi connectivity index (χ3n) is 4.17. The number of benzene rings is 1. The Balaban J connectivity index is 1.95. The van der Waals surface area contributed by atoms with Crippen molar-refractivity contribution in [3.05, 3.63) is 46.6 Å². The van der Waals surface area contributed by atoms with Crippen molar-refractivity contribution in [2.45, 2.75) is 43.5 Å². The van der Waals surface area contributed by atoms with Crippen LogP contribution in [0, 0.1) is 5.82 Å². The predicted molar refractivity (Wildman–Crippen MR) is 87.9 cm³/mol. The highest BCUT2D eigenvalue weighted by Crippen LogP contribution is 2.37. The Hall–Kier alpha value is -1.44. The molecule has 8 heteroatoms. The van der Waals surface area contributed by atoms with E-state index in [2.05, 4.69) is 5.16 Å². The third kappa shape index (κ3) is 3.08. The molecule has 0 aliphatic carbocycles. The molecule has 5 nitrogen and oxygen atoms in total. The monoisotopic (exact) mass is 372 g/mol. The minimum absolute atomic E-state index is 0.0237. The molecular formula is C16H18ClFN2O3S. The Bertz CT molecular complexity index is 851. The fourth-order valence-electron chi connectivity index (χ4n) is 2.82. The van der Waals surface area contributed by atoms with Crippen molar-refractivity contribution in [2.24, 2.45) is 0 Å². The molecule has 3 rings (SSSR count). The van der Waals surface area contributed by atoms with Crippen LogP contribution in [0.1, 0.15) is 50.1 Å². The summed E-state index contributed by atoms with van der Waals surface area (Å²) in [7, 11) is -3.79. The van der Waals surface area contributed by atoms with Gasteiger partial charge in [-0.25, -0.2) is 12.8 Å². The van der Waals surface area contributed by atoms with Crippen LogP contribution in [-0.2, 0) is 10.0 Å². The van der Waals surface area contributed by atoms with Crippen LogP contribution >= 0.6 is 11.6 Å². The fraction of sp³-hybridized carbons (Fsp3) is 0.438. The highest BCUT2D eigenvalue weighted by molar-refractivity contribution is 7.89. The first-order valence-electron chi connectivity index (χ1n) is 7.74. The van der Waals surface area contributed by atoms with E-state index in [4.69, 9.17) is 16.1 Å². The van der Waals surface area contributed by atoms with Gasteiger partial charge in [0.2, 0.25) is 10.0 Å². The minimum atomic E-state index is -3.79. The van der Waals surface area contributed by atoms with Crippen LogP contribution in [0.3, 0.4) is 0 Å². The zero-order valence-corrected chi connectivity index (χ0v) is 14.9. The van der Waals surface area contributed by atoms with Crippen LogP contribution in [0.4, 0.5) is 4.39 Å². The molecule has 1 fully saturated rings. The number of rotatable bonds is 4. The van der Waals surface area contributed by atoms with Crippen molar-refractivity contribution < 1.29 is 17.3 Å². The molecule has 2 aromatic rings. The maximum absolute atomic E-state index is 13.3. The summed E-state index contributed by atoms with van der Waals surface area (Å²) in [5.41, 5.74) is 0.791. The van der Waals surface area contributed by atoms with Crippen LogP contribution in [0.25, 0.3) is 0 Å². The summed E-state index contributed by atoms with van der Waals surface area (Å²) in [5, 5.41) is 3.79. The minimum Gasteiger partial charge on any atom is -0.359 e. The van der Waals surface area contributed by atoms with Gasteiger partial charge in [-0.3, -0.25) is 0 Å². The second-order valence-electron chi connectivity index (χ2n) is 6.16. The summed E-state index contributed by atoms with van der Waals surface area (Å²) in [4.78, 5) is -0.0237. The van der Waals surface area contributed by atoms with Crippen molar-refractivity contribution in [1.82, 2.24) is 9.46 Å². The lowest BCUT2D eigenvalue weighted by Gasteiger charge is -2.22. The number of aromatic nitrogens is 1. The first-order valence-corrected chi connectivity index (χ1v) is 9.56. The van der Waals surface area contributed by atoms with Gasteiger partial charge in [-0.05, 0) is 37.0 Å². The fourth-order valence-corrected chi connectivity index (χ4v) is 4.75. The molecule has 1 atom stereocenters. The van der Waals surface area contributed by atoms with Gasteiger partial charge in [0.15, 0.2) is 5.76 Å². The van der Waals surface area contributed by atoms with Gasteiger partial charge in [-0.2, -0.15) is 4.31 Å². The van der Waals surface area contributed by atoms with Gasteiger partial charge in [-0.1, -0.05) is 30.6 Å². The van der Waals surface area contributed by atoms with Gasteiger partial charge >= 0.3 is 0 Å². The van der Waals surface area contributed by atoms with Crippen molar-refractivity contribution in [3.8, 4) is 0 Å². The molecule has 0 unspecified atom stereocenters. The molecule has 1 aromatic heterocycles. The molecule has 0 saturated carbocycles. The number of nitrogens with zero attached hydrogens (tertiary/aromatic N) is 2. The molecule has 2 heterocycles. The smallest absolute Gasteiger partial charge is 0.243 e. The molecule has 0 spiro atoms. The average Bonchev–Trinajstić information content (AvgIpc) is 3.17. The molecule has 0 radical (unpaired) electrons. The standard InChI is InChI=1S/C16H18ClFN2O3S/c1-10(2)14-9-16(23-19-14)15-4-3-7-20(15)24(21,22)11-5-6-13(18)12(17)8-11/h5-6,8-10,15H,3-4,7H2,1-2H3/t15-/m1/s1. The summed E-state index contributed by atoms with van der Waals surface area (Å²) in [6.07, 6.45) is 1.37. The van der Waals surface area contributed by atoms with Gasteiger partial charge in [0.1, 0.15) is 5.82 Å². The number of hydrogen-bond donors (Lipinski definition) is 0. The van der Waals surface area contributed by atoms with Gasteiger partial charge in [0.05, 0.1) is 21.7 Å². The highest BCUT2D eigenvalue weighted by Gasteiger charge is 2.38. The van der Waals surface area contributed by atoms with E-state index in [9.17, 15) is 12.8 Å². The summed E-state index contributed by atoms with van der Waals surface area (Å²) in [6.45, 7) is 4.36. The lowest BCUT2D eigenvalue weighted by molar-refractivity contribution is 0.295. The maximum atomic E-state index is 13.3. The van der Waals surface area contributed by atoms with Crippen molar-refractivity contribution in [2.75, 3.05) is 6.54 Å². The first kappa shape index (κ1) is 17.4. The maximum Gasteiger partial charge on any atom is 0.243 e. The zero-order chi connectivity index (χ0) is 17.5. The lowest BCUT2D eigenvalue weighted by atomic mass is 10.1. The SMILES string of the molecule is CC(C)c1cc([C@H]2CCCN2S(=O)(=O)c2ccc(F)c(Cl)c2)on1. The molecule has 1 aromatic carbocycles. The molecule has 0 amide bonds. The van der Waals surface area contributed by atoms with E-state index in [-0.39, 0.29) is 15.8 Å². The molecule has 1 saturated heterocycles. The van der Waals surface area contributed by atoms with Gasteiger partial charge < -0.3 is 4.52 Å². The largest absolute Gasteiger partial charge is 0.359 e. The summed E-state index contributed by atoms with van der Waals surface area (Å²) in [6, 6.07) is 4.83. The van der Waals surface area contributed by atoms with Crippen LogP contribution < -0.4 is 0 Å². The lowest BCUT2D eigenvalue weighted by Crippen LogP contribution is -2.30. The average molecular weight is 373 g/mol. The number of hydrogen-bond acceptors (Lipinski definition) is 4. The van der Waals surface area contributed by atoms with Gasteiger partial charge in [0, 0.05) is 12.6 Å². The van der Waals surface area contributed by atoms with Crippen LogP contribution in [0.2, 0.25) is 5.02 Å². The molecule has 1 aliphatic rings. The Labute approximate surface area is 145 Å². The predicted octanol–water partition coefficient (Wildman–Crippen LogP) is 4.12. The van der Waals surface area contributed by atoms with Crippen molar-refractivity contribution in [3.63, 3.8) is 0 Å². The highest BCUT2D eigenvalue weighted by atomic mass is 35.5. The summed E-state index contributed by atoms with van der Waals surface area (Å²) < 4.78 is 45.9. The molecule has 0 N–H and O–H groups in total. The Morgan fingerprint density at radius 2 is 2.12 bits per heavy atom. The second-order valence-corrected chi connectivity index (χ2v) is 8.46. The normalized spacial score (nSPS) is 19.3. The summed E-state index contributed by atoms with van der Waals surface area (Å²) >= 11 is 5.73. The van der Waals surface area contributed by atoms with E-state index in [1.54, 1.807) is 6.07 Å². The third-order valence-corrected chi connectivity index (χ3v) is 6.36. The van der Waals surface area contributed by atoms with Crippen LogP contribution in [0.5, 0.6) is 0 Å². The molecule has 130 valence electrons. The first-order chi connectivity index (χ1) is 11.3. The molecule has 0 bridgehead atoms. The second kappa shape index (κ2) is 6.46. The zero-order valence-electron chi connectivity index (χ0n) is 13.4. The Kier molecular flexibility index (Phi) is 4.68. The van der Waals surface area contributed by atoms with E-state index in [1.165, 1.54) is 10.4 Å². The van der Waals surface area contributed by atoms with Crippen molar-refractivity contribution in [1.29, 1.82) is 0 Å². The Morgan fingerprint density at radius 1 is 1.38 bits per heavy atom. The van der Waals surface area contributed by atoms with E-state index >= 15 is 0 Å². The van der Waals surface area contributed by atoms with E-state index < -0.39 is 21.9 Å².